The topological polar surface area (TPSA) is 94.1 Å². The van der Waals surface area contributed by atoms with Crippen LogP contribution in [-0.4, -0.2) is 54.5 Å². The summed E-state index contributed by atoms with van der Waals surface area (Å²) in [4.78, 5) is 18.3. The van der Waals surface area contributed by atoms with Crippen LogP contribution in [-0.2, 0) is 30.4 Å². The van der Waals surface area contributed by atoms with E-state index in [2.05, 4.69) is 10.1 Å². The molecule has 3 heterocycles. The van der Waals surface area contributed by atoms with Gasteiger partial charge < -0.3 is 23.9 Å². The smallest absolute Gasteiger partial charge is 0.410 e. The molecule has 0 fully saturated rings. The molecule has 41 heavy (non-hydrogen) atoms. The fourth-order valence-corrected chi connectivity index (χ4v) is 4.55. The molecule has 0 radical (unpaired) electrons. The molecule has 0 saturated heterocycles. The molecule has 1 aromatic carbocycles. The molecule has 0 unspecified atom stereocenters. The molecule has 3 aromatic heterocycles. The molecule has 0 saturated carbocycles. The van der Waals surface area contributed by atoms with E-state index in [1.165, 1.54) is 11.0 Å². The van der Waals surface area contributed by atoms with Crippen molar-refractivity contribution in [2.45, 2.75) is 65.7 Å². The maximum Gasteiger partial charge on any atom is 0.410 e. The van der Waals surface area contributed by atoms with Crippen LogP contribution in [0.25, 0.3) is 16.8 Å². The van der Waals surface area contributed by atoms with Gasteiger partial charge in [0, 0.05) is 49.1 Å². The number of hydrogen-bond donors (Lipinski definition) is 1. The number of halogens is 2. The highest BCUT2D eigenvalue weighted by Crippen LogP contribution is 2.35. The summed E-state index contributed by atoms with van der Waals surface area (Å²) in [7, 11) is 3.41. The Morgan fingerprint density at radius 3 is 2.49 bits per heavy atom. The molecule has 0 bridgehead atoms. The number of benzene rings is 1. The van der Waals surface area contributed by atoms with Crippen LogP contribution in [0.2, 0.25) is 0 Å². The summed E-state index contributed by atoms with van der Waals surface area (Å²) in [5.41, 5.74) is 2.59. The summed E-state index contributed by atoms with van der Waals surface area (Å²) in [6.07, 6.45) is 3.25. The van der Waals surface area contributed by atoms with Crippen molar-refractivity contribution in [1.29, 1.82) is 0 Å². The SMILES string of the molecule is Cc1c(CCOc2c(-c3ccc4ncc(CN(C)C(=O)OC(C)(C)C)n4c3)ccc(F)c2F)c(C(C)(C)O)nn1C. The van der Waals surface area contributed by atoms with Gasteiger partial charge in [-0.2, -0.15) is 9.49 Å². The molecule has 1 N–H and O–H groups in total. The zero-order valence-electron chi connectivity index (χ0n) is 24.7. The average Bonchev–Trinajstić information content (AvgIpc) is 3.40. The fraction of sp³-hybridized carbons (Fsp3) is 0.433. The predicted molar refractivity (Wildman–Crippen MR) is 151 cm³/mol. The Kier molecular flexibility index (Phi) is 8.13. The Labute approximate surface area is 238 Å². The number of fused-ring (bicyclic) bond motifs is 1. The molecule has 0 aliphatic carbocycles. The number of nitrogens with zero attached hydrogens (tertiary/aromatic N) is 5. The van der Waals surface area contributed by atoms with Crippen LogP contribution in [0, 0.1) is 18.6 Å². The summed E-state index contributed by atoms with van der Waals surface area (Å²) in [6.45, 7) is 10.8. The third-order valence-corrected chi connectivity index (χ3v) is 6.68. The van der Waals surface area contributed by atoms with Gasteiger partial charge in [-0.05, 0) is 65.8 Å². The second kappa shape index (κ2) is 11.1. The van der Waals surface area contributed by atoms with Crippen LogP contribution in [0.3, 0.4) is 0 Å². The third-order valence-electron chi connectivity index (χ3n) is 6.68. The highest BCUT2D eigenvalue weighted by atomic mass is 19.2. The number of carbonyl (C=O) groups is 1. The molecule has 4 rings (SSSR count). The minimum Gasteiger partial charge on any atom is -0.489 e. The fourth-order valence-electron chi connectivity index (χ4n) is 4.55. The van der Waals surface area contributed by atoms with E-state index in [-0.39, 0.29) is 18.9 Å². The van der Waals surface area contributed by atoms with Crippen molar-refractivity contribution in [3.63, 3.8) is 0 Å². The van der Waals surface area contributed by atoms with Gasteiger partial charge in [-0.3, -0.25) is 4.68 Å². The number of aryl methyl sites for hydroxylation is 1. The van der Waals surface area contributed by atoms with E-state index >= 15 is 4.39 Å². The van der Waals surface area contributed by atoms with E-state index in [4.69, 9.17) is 9.47 Å². The standard InChI is InChI=1S/C30H37F2N5O4/c1-18-21(27(30(5,6)39)34-36(18)8)13-14-40-26-22(10-11-23(31)25(26)32)19-9-12-24-33-15-20(37(24)16-19)17-35(7)28(38)41-29(2,3)4/h9-12,15-16,39H,13-14,17H2,1-8H3. The first kappa shape index (κ1) is 30.0. The normalized spacial score (nSPS) is 12.2. The number of carbonyl (C=O) groups excluding carboxylic acids is 1. The second-order valence-corrected chi connectivity index (χ2v) is 11.7. The van der Waals surface area contributed by atoms with Gasteiger partial charge in [-0.25, -0.2) is 14.2 Å². The van der Waals surface area contributed by atoms with E-state index in [0.29, 0.717) is 34.6 Å². The number of imidazole rings is 1. The predicted octanol–water partition coefficient (Wildman–Crippen LogP) is 5.54. The van der Waals surface area contributed by atoms with Gasteiger partial charge in [0.25, 0.3) is 0 Å². The number of pyridine rings is 1. The molecule has 0 aliphatic rings. The summed E-state index contributed by atoms with van der Waals surface area (Å²) in [6, 6.07) is 6.03. The van der Waals surface area contributed by atoms with Gasteiger partial charge in [0.15, 0.2) is 11.6 Å². The van der Waals surface area contributed by atoms with E-state index in [1.54, 1.807) is 82.3 Å². The first-order valence-corrected chi connectivity index (χ1v) is 13.3. The van der Waals surface area contributed by atoms with Crippen molar-refractivity contribution in [2.24, 2.45) is 7.05 Å². The van der Waals surface area contributed by atoms with Crippen LogP contribution in [0.15, 0.2) is 36.7 Å². The van der Waals surface area contributed by atoms with Crippen molar-refractivity contribution >= 4 is 11.7 Å². The maximum absolute atomic E-state index is 15.1. The number of aliphatic hydroxyl groups is 1. The summed E-state index contributed by atoms with van der Waals surface area (Å²) < 4.78 is 44.3. The molecule has 220 valence electrons. The molecule has 1 amide bonds. The minimum absolute atomic E-state index is 0.0300. The lowest BCUT2D eigenvalue weighted by Gasteiger charge is -2.24. The quantitative estimate of drug-likeness (QED) is 0.300. The monoisotopic (exact) mass is 569 g/mol. The van der Waals surface area contributed by atoms with E-state index < -0.39 is 28.9 Å². The average molecular weight is 570 g/mol. The van der Waals surface area contributed by atoms with Gasteiger partial charge in [0.1, 0.15) is 16.8 Å². The minimum atomic E-state index is -1.17. The van der Waals surface area contributed by atoms with Crippen LogP contribution in [0.4, 0.5) is 13.6 Å². The lowest BCUT2D eigenvalue weighted by molar-refractivity contribution is 0.0282. The molecule has 0 aliphatic heterocycles. The Morgan fingerprint density at radius 2 is 1.83 bits per heavy atom. The Hall–Kier alpha value is -3.99. The number of amides is 1. The zero-order valence-corrected chi connectivity index (χ0v) is 24.7. The Balaban J connectivity index is 1.62. The van der Waals surface area contributed by atoms with Crippen LogP contribution in [0.5, 0.6) is 5.75 Å². The molecule has 4 aromatic rings. The lowest BCUT2D eigenvalue weighted by atomic mass is 9.98. The molecule has 0 spiro atoms. The van der Waals surface area contributed by atoms with E-state index in [0.717, 1.165) is 17.3 Å². The lowest BCUT2D eigenvalue weighted by Crippen LogP contribution is -2.34. The maximum atomic E-state index is 15.1. The van der Waals surface area contributed by atoms with Gasteiger partial charge >= 0.3 is 6.09 Å². The largest absolute Gasteiger partial charge is 0.489 e. The van der Waals surface area contributed by atoms with E-state index in [1.807, 2.05) is 6.92 Å². The van der Waals surface area contributed by atoms with Crippen molar-refractivity contribution in [3.05, 3.63) is 70.9 Å². The number of hydrogen-bond acceptors (Lipinski definition) is 6. The van der Waals surface area contributed by atoms with E-state index in [9.17, 15) is 14.3 Å². The zero-order chi connectivity index (χ0) is 30.3. The highest BCUT2D eigenvalue weighted by Gasteiger charge is 2.27. The van der Waals surface area contributed by atoms with Gasteiger partial charge in [0.2, 0.25) is 5.82 Å². The molecule has 11 heteroatoms. The molecule has 9 nitrogen and oxygen atoms in total. The van der Waals surface area contributed by atoms with Crippen molar-refractivity contribution < 1.29 is 28.2 Å². The Bertz CT molecular complexity index is 1580. The van der Waals surface area contributed by atoms with Gasteiger partial charge in [-0.1, -0.05) is 0 Å². The van der Waals surface area contributed by atoms with Gasteiger partial charge in [0.05, 0.1) is 30.7 Å². The summed E-state index contributed by atoms with van der Waals surface area (Å²) >= 11 is 0. The molecular weight excluding hydrogens is 532 g/mol. The Morgan fingerprint density at radius 1 is 1.12 bits per heavy atom. The molecular formula is C30H37F2N5O4. The van der Waals surface area contributed by atoms with Crippen molar-refractivity contribution in [2.75, 3.05) is 13.7 Å². The van der Waals surface area contributed by atoms with Crippen LogP contribution < -0.4 is 4.74 Å². The van der Waals surface area contributed by atoms with Crippen molar-refractivity contribution in [3.8, 4) is 16.9 Å². The van der Waals surface area contributed by atoms with Gasteiger partial charge in [-0.15, -0.1) is 0 Å². The third kappa shape index (κ3) is 6.51. The summed E-state index contributed by atoms with van der Waals surface area (Å²) in [5.74, 6) is -2.34. The molecule has 0 atom stereocenters. The van der Waals surface area contributed by atoms with Crippen LogP contribution in [0.1, 0.15) is 57.3 Å². The second-order valence-electron chi connectivity index (χ2n) is 11.7. The first-order valence-electron chi connectivity index (χ1n) is 13.3. The van der Waals surface area contributed by atoms with Crippen LogP contribution >= 0.6 is 0 Å². The first-order chi connectivity index (χ1) is 19.1. The number of aromatic nitrogens is 4. The summed E-state index contributed by atoms with van der Waals surface area (Å²) in [5, 5.41) is 15.0. The highest BCUT2D eigenvalue weighted by molar-refractivity contribution is 5.72. The van der Waals surface area contributed by atoms with Crippen molar-refractivity contribution in [1.82, 2.24) is 24.1 Å². The number of rotatable bonds is 8. The number of ether oxygens (including phenoxy) is 2.